The van der Waals surface area contributed by atoms with E-state index < -0.39 is 12.6 Å². The van der Waals surface area contributed by atoms with Crippen LogP contribution in [-0.2, 0) is 6.54 Å². The molecule has 0 saturated carbocycles. The van der Waals surface area contributed by atoms with Crippen LogP contribution in [0.1, 0.15) is 31.7 Å². The predicted molar refractivity (Wildman–Crippen MR) is 85.7 cm³/mol. The van der Waals surface area contributed by atoms with E-state index in [-0.39, 0.29) is 6.42 Å². The molecule has 1 aromatic carbocycles. The Bertz CT molecular complexity index is 472. The normalized spacial score (nSPS) is 12.1. The van der Waals surface area contributed by atoms with Gasteiger partial charge in [-0.2, -0.15) is 13.2 Å². The number of ether oxygens (including phenoxy) is 1. The molecule has 0 radical (unpaired) electrons. The van der Waals surface area contributed by atoms with Gasteiger partial charge in [-0.25, -0.2) is 4.99 Å². The lowest BCUT2D eigenvalue weighted by Crippen LogP contribution is -2.37. The van der Waals surface area contributed by atoms with Gasteiger partial charge in [0.05, 0.1) is 13.7 Å². The fraction of sp³-hybridized carbons (Fsp3) is 0.562. The third kappa shape index (κ3) is 8.95. The van der Waals surface area contributed by atoms with E-state index in [9.17, 15) is 13.2 Å². The number of hydrogen-bond acceptors (Lipinski definition) is 2. The number of nitrogens with one attached hydrogen (secondary N) is 2. The average molecular weight is 331 g/mol. The number of unbranched alkanes of at least 4 members (excludes halogenated alkanes) is 1. The summed E-state index contributed by atoms with van der Waals surface area (Å²) in [6, 6.07) is 7.58. The van der Waals surface area contributed by atoms with E-state index >= 15 is 0 Å². The highest BCUT2D eigenvalue weighted by Gasteiger charge is 2.25. The van der Waals surface area contributed by atoms with Crippen molar-refractivity contribution in [2.75, 3.05) is 20.2 Å². The third-order valence-corrected chi connectivity index (χ3v) is 3.10. The van der Waals surface area contributed by atoms with Gasteiger partial charge in [-0.05, 0) is 37.5 Å². The quantitative estimate of drug-likeness (QED) is 0.435. The Morgan fingerprint density at radius 3 is 2.39 bits per heavy atom. The summed E-state index contributed by atoms with van der Waals surface area (Å²) in [5, 5.41) is 6.12. The van der Waals surface area contributed by atoms with E-state index in [1.165, 1.54) is 0 Å². The Labute approximate surface area is 135 Å². The Morgan fingerprint density at radius 1 is 1.13 bits per heavy atom. The zero-order valence-electron chi connectivity index (χ0n) is 13.5. The molecule has 23 heavy (non-hydrogen) atoms. The lowest BCUT2D eigenvalue weighted by atomic mass is 10.2. The van der Waals surface area contributed by atoms with Crippen molar-refractivity contribution < 1.29 is 17.9 Å². The van der Waals surface area contributed by atoms with Crippen LogP contribution in [0.4, 0.5) is 13.2 Å². The number of hydrogen-bond donors (Lipinski definition) is 2. The molecule has 2 N–H and O–H groups in total. The van der Waals surface area contributed by atoms with Gasteiger partial charge in [0.1, 0.15) is 5.75 Å². The molecule has 4 nitrogen and oxygen atoms in total. The predicted octanol–water partition coefficient (Wildman–Crippen LogP) is 3.48. The Morgan fingerprint density at radius 2 is 1.83 bits per heavy atom. The minimum absolute atomic E-state index is 0.119. The highest BCUT2D eigenvalue weighted by atomic mass is 19.4. The first-order valence-electron chi connectivity index (χ1n) is 7.66. The summed E-state index contributed by atoms with van der Waals surface area (Å²) in [7, 11) is 1.61. The first kappa shape index (κ1) is 19.1. The van der Waals surface area contributed by atoms with Crippen molar-refractivity contribution in [3.8, 4) is 5.75 Å². The van der Waals surface area contributed by atoms with Crippen molar-refractivity contribution in [1.29, 1.82) is 0 Å². The SMILES string of the molecule is CCNC(=NCc1ccc(OC)cc1)NCCCCC(F)(F)F. The topological polar surface area (TPSA) is 45.7 Å². The van der Waals surface area contributed by atoms with Crippen LogP contribution < -0.4 is 15.4 Å². The average Bonchev–Trinajstić information content (AvgIpc) is 2.51. The maximum Gasteiger partial charge on any atom is 0.389 e. The number of nitrogens with zero attached hydrogens (tertiary/aromatic N) is 1. The van der Waals surface area contributed by atoms with Crippen LogP contribution in [0.25, 0.3) is 0 Å². The number of rotatable bonds is 8. The van der Waals surface area contributed by atoms with Crippen molar-refractivity contribution in [3.63, 3.8) is 0 Å². The largest absolute Gasteiger partial charge is 0.497 e. The number of alkyl halides is 3. The first-order chi connectivity index (χ1) is 10.9. The summed E-state index contributed by atoms with van der Waals surface area (Å²) in [5.74, 6) is 1.39. The van der Waals surface area contributed by atoms with Gasteiger partial charge >= 0.3 is 6.18 Å². The van der Waals surface area contributed by atoms with Gasteiger partial charge in [0.15, 0.2) is 5.96 Å². The van der Waals surface area contributed by atoms with Crippen LogP contribution in [0.2, 0.25) is 0 Å². The monoisotopic (exact) mass is 331 g/mol. The maximum absolute atomic E-state index is 12.1. The number of benzene rings is 1. The highest BCUT2D eigenvalue weighted by molar-refractivity contribution is 5.79. The zero-order valence-corrected chi connectivity index (χ0v) is 13.5. The van der Waals surface area contributed by atoms with Crippen LogP contribution in [0, 0.1) is 0 Å². The molecule has 1 aromatic rings. The second kappa shape index (κ2) is 9.97. The number of halogens is 3. The van der Waals surface area contributed by atoms with E-state index in [4.69, 9.17) is 4.74 Å². The molecule has 0 unspecified atom stereocenters. The molecule has 1 rings (SSSR count). The molecule has 130 valence electrons. The van der Waals surface area contributed by atoms with E-state index in [0.29, 0.717) is 32.0 Å². The van der Waals surface area contributed by atoms with Crippen molar-refractivity contribution in [1.82, 2.24) is 10.6 Å². The minimum atomic E-state index is -4.08. The van der Waals surface area contributed by atoms with Crippen molar-refractivity contribution >= 4 is 5.96 Å². The smallest absolute Gasteiger partial charge is 0.389 e. The van der Waals surface area contributed by atoms with Gasteiger partial charge in [-0.1, -0.05) is 12.1 Å². The van der Waals surface area contributed by atoms with Crippen LogP contribution in [-0.4, -0.2) is 32.3 Å². The van der Waals surface area contributed by atoms with Gasteiger partial charge in [-0.15, -0.1) is 0 Å². The van der Waals surface area contributed by atoms with E-state index in [2.05, 4.69) is 15.6 Å². The minimum Gasteiger partial charge on any atom is -0.497 e. The molecule has 0 aliphatic rings. The summed E-state index contributed by atoms with van der Waals surface area (Å²) < 4.78 is 41.3. The molecule has 0 aliphatic carbocycles. The molecule has 7 heteroatoms. The van der Waals surface area contributed by atoms with Crippen LogP contribution in [0.5, 0.6) is 5.75 Å². The Balaban J connectivity index is 2.40. The summed E-state index contributed by atoms with van der Waals surface area (Å²) in [4.78, 5) is 4.42. The summed E-state index contributed by atoms with van der Waals surface area (Å²) in [6.07, 6.45) is -4.25. The molecule has 0 fully saturated rings. The van der Waals surface area contributed by atoms with E-state index in [1.54, 1.807) is 7.11 Å². The van der Waals surface area contributed by atoms with Gasteiger partial charge in [0.25, 0.3) is 0 Å². The van der Waals surface area contributed by atoms with E-state index in [0.717, 1.165) is 11.3 Å². The second-order valence-electron chi connectivity index (χ2n) is 5.04. The first-order valence-corrected chi connectivity index (χ1v) is 7.66. The molecule has 0 saturated heterocycles. The van der Waals surface area contributed by atoms with Crippen LogP contribution >= 0.6 is 0 Å². The zero-order chi connectivity index (χ0) is 17.1. The van der Waals surface area contributed by atoms with Gasteiger partial charge in [0.2, 0.25) is 0 Å². The molecule has 0 aliphatic heterocycles. The Hall–Kier alpha value is -1.92. The standard InChI is InChI=1S/C16H24F3N3O/c1-3-20-15(21-11-5-4-10-16(17,18)19)22-12-13-6-8-14(23-2)9-7-13/h6-9H,3-5,10-12H2,1-2H3,(H2,20,21,22). The van der Waals surface area contributed by atoms with Crippen LogP contribution in [0.15, 0.2) is 29.3 Å². The molecular weight excluding hydrogens is 307 g/mol. The van der Waals surface area contributed by atoms with Crippen molar-refractivity contribution in [2.45, 2.75) is 38.9 Å². The molecular formula is C16H24F3N3O. The number of guanidine groups is 1. The highest BCUT2D eigenvalue weighted by Crippen LogP contribution is 2.21. The summed E-state index contributed by atoms with van der Waals surface area (Å²) in [5.41, 5.74) is 1.03. The summed E-state index contributed by atoms with van der Waals surface area (Å²) in [6.45, 7) is 3.58. The lowest BCUT2D eigenvalue weighted by molar-refractivity contribution is -0.135. The van der Waals surface area contributed by atoms with Gasteiger partial charge in [-0.3, -0.25) is 0 Å². The van der Waals surface area contributed by atoms with Gasteiger partial charge in [0, 0.05) is 19.5 Å². The third-order valence-electron chi connectivity index (χ3n) is 3.10. The number of methoxy groups -OCH3 is 1. The molecule has 0 bridgehead atoms. The molecule has 0 aromatic heterocycles. The molecule has 0 atom stereocenters. The second-order valence-corrected chi connectivity index (χ2v) is 5.04. The molecule has 0 spiro atoms. The maximum atomic E-state index is 12.1. The van der Waals surface area contributed by atoms with Crippen molar-refractivity contribution in [3.05, 3.63) is 29.8 Å². The number of aliphatic imine (C=N–C) groups is 1. The fourth-order valence-corrected chi connectivity index (χ4v) is 1.90. The lowest BCUT2D eigenvalue weighted by Gasteiger charge is -2.12. The van der Waals surface area contributed by atoms with Gasteiger partial charge < -0.3 is 15.4 Å². The molecule has 0 heterocycles. The van der Waals surface area contributed by atoms with E-state index in [1.807, 2.05) is 31.2 Å². The van der Waals surface area contributed by atoms with Crippen LogP contribution in [0.3, 0.4) is 0 Å². The summed E-state index contributed by atoms with van der Waals surface area (Å²) >= 11 is 0. The van der Waals surface area contributed by atoms with Crippen molar-refractivity contribution in [2.24, 2.45) is 4.99 Å². The molecule has 0 amide bonds. The Kier molecular flexibility index (Phi) is 8.29. The fourth-order valence-electron chi connectivity index (χ4n) is 1.90.